The molecule has 8 heteroatoms. The van der Waals surface area contributed by atoms with Gasteiger partial charge in [0.05, 0.1) is 28.6 Å². The summed E-state index contributed by atoms with van der Waals surface area (Å²) in [5.74, 6) is -1.83. The van der Waals surface area contributed by atoms with Crippen LogP contribution in [0.5, 0.6) is 0 Å². The molecule has 8 nitrogen and oxygen atoms in total. The number of anilines is 2. The Morgan fingerprint density at radius 2 is 1.87 bits per heavy atom. The molecule has 1 aromatic carbocycles. The highest BCUT2D eigenvalue weighted by atomic mass is 16.8. The molecule has 3 saturated carbocycles. The van der Waals surface area contributed by atoms with Gasteiger partial charge in [-0.15, -0.1) is 0 Å². The summed E-state index contributed by atoms with van der Waals surface area (Å²) >= 11 is 0. The molecule has 1 aliphatic heterocycles. The van der Waals surface area contributed by atoms with Crippen LogP contribution in [0.1, 0.15) is 66.2 Å². The number of carboxylic acid groups (broad SMARTS) is 1. The molecular weight excluding hydrogens is 484 g/mol. The summed E-state index contributed by atoms with van der Waals surface area (Å²) in [4.78, 5) is 42.1. The fourth-order valence-corrected chi connectivity index (χ4v) is 9.96. The average molecular weight is 522 g/mol. The number of nitrogens with zero attached hydrogens (tertiary/aromatic N) is 2. The molecule has 1 heterocycles. The molecule has 2 N–H and O–H groups in total. The maximum Gasteiger partial charge on any atom is 0.309 e. The van der Waals surface area contributed by atoms with Crippen LogP contribution in [0.15, 0.2) is 35.9 Å². The molecule has 7 rings (SSSR count). The van der Waals surface area contributed by atoms with Crippen molar-refractivity contribution >= 4 is 29.2 Å². The Bertz CT molecular complexity index is 1260. The molecule has 1 aromatic rings. The first-order chi connectivity index (χ1) is 17.9. The lowest BCUT2D eigenvalue weighted by atomic mass is 9.34. The van der Waals surface area contributed by atoms with E-state index in [1.54, 1.807) is 12.1 Å². The van der Waals surface area contributed by atoms with E-state index in [1.807, 2.05) is 6.92 Å². The zero-order chi connectivity index (χ0) is 27.4. The Hall–Kier alpha value is -2.71. The number of carbonyl (C=O) groups excluding carboxylic acids is 2. The normalized spacial score (nSPS) is 41.5. The van der Waals surface area contributed by atoms with Gasteiger partial charge in [0.25, 0.3) is 0 Å². The van der Waals surface area contributed by atoms with Gasteiger partial charge in [0, 0.05) is 5.41 Å². The number of aliphatic carboxylic acids is 1. The molecule has 6 aliphatic rings. The Balaban J connectivity index is 1.48. The Labute approximate surface area is 223 Å². The predicted octanol–water partition coefficient (Wildman–Crippen LogP) is 5.40. The highest BCUT2D eigenvalue weighted by molar-refractivity contribution is 6.23. The van der Waals surface area contributed by atoms with Gasteiger partial charge in [0.1, 0.15) is 0 Å². The second kappa shape index (κ2) is 8.15. The molecule has 2 bridgehead atoms. The first kappa shape index (κ1) is 25.6. The molecule has 1 spiro atoms. The second-order valence-corrected chi connectivity index (χ2v) is 13.3. The van der Waals surface area contributed by atoms with Gasteiger partial charge in [-0.25, -0.2) is 4.90 Å². The summed E-state index contributed by atoms with van der Waals surface area (Å²) in [6.07, 6.45) is 7.02. The lowest BCUT2D eigenvalue weighted by Crippen LogP contribution is -2.65. The maximum atomic E-state index is 14.3. The number of hydrogen-bond donors (Lipinski definition) is 2. The highest BCUT2D eigenvalue weighted by Crippen LogP contribution is 2.74. The number of benzene rings is 1. The minimum absolute atomic E-state index is 0.0261. The predicted molar refractivity (Wildman–Crippen MR) is 141 cm³/mol. The SMILES string of the molecule is CC(C)C1=CC23CCC4[C@](C)(CCC[C@@]4(C)C(=O)O)C2CC1[C@H]1C(=O)N(c2cccc(N([O-])O)c2)C(=O)[C@H]13. The van der Waals surface area contributed by atoms with Gasteiger partial charge in [-0.05, 0) is 86.3 Å². The number of carbonyl (C=O) groups is 3. The third-order valence-corrected chi connectivity index (χ3v) is 11.5. The van der Waals surface area contributed by atoms with E-state index < -0.39 is 28.6 Å². The van der Waals surface area contributed by atoms with Crippen molar-refractivity contribution < 1.29 is 24.7 Å². The van der Waals surface area contributed by atoms with E-state index in [1.165, 1.54) is 22.6 Å². The van der Waals surface area contributed by atoms with Crippen molar-refractivity contribution in [2.45, 2.75) is 66.2 Å². The van der Waals surface area contributed by atoms with Crippen molar-refractivity contribution in [3.05, 3.63) is 41.1 Å². The highest BCUT2D eigenvalue weighted by Gasteiger charge is 2.73. The van der Waals surface area contributed by atoms with Crippen LogP contribution in [0.2, 0.25) is 0 Å². The van der Waals surface area contributed by atoms with E-state index in [-0.39, 0.29) is 51.8 Å². The number of imide groups is 1. The van der Waals surface area contributed by atoms with Gasteiger partial charge >= 0.3 is 5.97 Å². The van der Waals surface area contributed by atoms with E-state index in [4.69, 9.17) is 0 Å². The molecule has 0 radical (unpaired) electrons. The summed E-state index contributed by atoms with van der Waals surface area (Å²) in [5.41, 5.74) is -0.00717. The van der Waals surface area contributed by atoms with Gasteiger partial charge in [-0.3, -0.25) is 19.6 Å². The van der Waals surface area contributed by atoms with Crippen molar-refractivity contribution in [2.75, 3.05) is 10.1 Å². The van der Waals surface area contributed by atoms with Crippen LogP contribution in [-0.4, -0.2) is 28.1 Å². The summed E-state index contributed by atoms with van der Waals surface area (Å²) < 4.78 is 0. The van der Waals surface area contributed by atoms with Crippen LogP contribution in [0.4, 0.5) is 11.4 Å². The van der Waals surface area contributed by atoms with Crippen LogP contribution in [-0.2, 0) is 14.4 Å². The molecule has 204 valence electrons. The topological polar surface area (TPSA) is 121 Å². The zero-order valence-electron chi connectivity index (χ0n) is 22.5. The van der Waals surface area contributed by atoms with Crippen LogP contribution >= 0.6 is 0 Å². The smallest absolute Gasteiger partial charge is 0.309 e. The molecule has 0 aromatic heterocycles. The number of carboxylic acids is 1. The van der Waals surface area contributed by atoms with Crippen molar-refractivity contribution in [3.8, 4) is 0 Å². The lowest BCUT2D eigenvalue weighted by Gasteiger charge is -2.68. The van der Waals surface area contributed by atoms with Crippen molar-refractivity contribution in [1.29, 1.82) is 0 Å². The average Bonchev–Trinajstić information content (AvgIpc) is 3.15. The molecule has 38 heavy (non-hydrogen) atoms. The second-order valence-electron chi connectivity index (χ2n) is 13.3. The van der Waals surface area contributed by atoms with Crippen LogP contribution < -0.4 is 10.1 Å². The standard InChI is InChI=1S/C30H37N2O6/c1-16(2)20-15-30-12-9-21-28(3,10-6-11-29(21,4)27(35)36)22(30)14-19(20)23-24(30)26(34)31(25(23)33)17-7-5-8-18(13-17)32(37)38/h5,7-8,13,15-16,19,21-24,37H,6,9-12,14H2,1-4H3,(H,35,36)/q-1/t19?,21?,22?,23-,24+,28+,29-,30?/m1/s1. The first-order valence-electron chi connectivity index (χ1n) is 14.0. The fourth-order valence-electron chi connectivity index (χ4n) is 9.96. The van der Waals surface area contributed by atoms with Gasteiger partial charge < -0.3 is 15.5 Å². The van der Waals surface area contributed by atoms with Gasteiger partial charge in [0.2, 0.25) is 11.8 Å². The fraction of sp³-hybridized carbons (Fsp3) is 0.633. The molecular formula is C30H37N2O6-. The van der Waals surface area contributed by atoms with Crippen molar-refractivity contribution in [1.82, 2.24) is 0 Å². The third kappa shape index (κ3) is 3.07. The molecule has 4 unspecified atom stereocenters. The molecule has 8 atom stereocenters. The van der Waals surface area contributed by atoms with E-state index in [0.29, 0.717) is 18.5 Å². The molecule has 2 amide bonds. The van der Waals surface area contributed by atoms with Crippen LogP contribution in [0, 0.1) is 57.0 Å². The van der Waals surface area contributed by atoms with Crippen LogP contribution in [0.3, 0.4) is 0 Å². The van der Waals surface area contributed by atoms with Crippen molar-refractivity contribution in [3.63, 3.8) is 0 Å². The molecule has 4 fully saturated rings. The van der Waals surface area contributed by atoms with E-state index in [9.17, 15) is 29.9 Å². The Morgan fingerprint density at radius 3 is 2.53 bits per heavy atom. The minimum atomic E-state index is -0.786. The van der Waals surface area contributed by atoms with Gasteiger partial charge in [0.15, 0.2) is 0 Å². The summed E-state index contributed by atoms with van der Waals surface area (Å²) in [6.45, 7) is 8.47. The number of hydrogen-bond acceptors (Lipinski definition) is 6. The van der Waals surface area contributed by atoms with E-state index in [2.05, 4.69) is 26.8 Å². The van der Waals surface area contributed by atoms with Gasteiger partial charge in [-0.2, -0.15) is 0 Å². The summed E-state index contributed by atoms with van der Waals surface area (Å²) in [6, 6.07) is 6.00. The number of rotatable bonds is 4. The Morgan fingerprint density at radius 1 is 1.13 bits per heavy atom. The lowest BCUT2D eigenvalue weighted by molar-refractivity contribution is -0.194. The van der Waals surface area contributed by atoms with E-state index >= 15 is 0 Å². The minimum Gasteiger partial charge on any atom is -0.733 e. The first-order valence-corrected chi connectivity index (χ1v) is 14.0. The molecule has 5 aliphatic carbocycles. The number of fused-ring (bicyclic) bond motifs is 1. The summed E-state index contributed by atoms with van der Waals surface area (Å²) in [5, 5.41) is 31.0. The quantitative estimate of drug-likeness (QED) is 0.309. The zero-order valence-corrected chi connectivity index (χ0v) is 22.5. The largest absolute Gasteiger partial charge is 0.733 e. The monoisotopic (exact) mass is 521 g/mol. The van der Waals surface area contributed by atoms with Crippen LogP contribution in [0.25, 0.3) is 0 Å². The molecule has 1 saturated heterocycles. The number of allylic oxidation sites excluding steroid dienone is 2. The Kier molecular flexibility index (Phi) is 5.48. The third-order valence-electron chi connectivity index (χ3n) is 11.5. The number of amides is 2. The maximum absolute atomic E-state index is 14.3. The van der Waals surface area contributed by atoms with E-state index in [0.717, 1.165) is 25.7 Å². The summed E-state index contributed by atoms with van der Waals surface area (Å²) in [7, 11) is 0. The van der Waals surface area contributed by atoms with Crippen molar-refractivity contribution in [2.24, 2.45) is 51.8 Å². The van der Waals surface area contributed by atoms with Gasteiger partial charge in [-0.1, -0.05) is 44.9 Å².